The van der Waals surface area contributed by atoms with E-state index in [1.807, 2.05) is 12.1 Å². The fourth-order valence-electron chi connectivity index (χ4n) is 1.23. The summed E-state index contributed by atoms with van der Waals surface area (Å²) in [7, 11) is 0. The van der Waals surface area contributed by atoms with E-state index in [4.69, 9.17) is 9.15 Å². The van der Waals surface area contributed by atoms with Gasteiger partial charge in [0.2, 0.25) is 0 Å². The van der Waals surface area contributed by atoms with Gasteiger partial charge in [-0.25, -0.2) is 0 Å². The van der Waals surface area contributed by atoms with Gasteiger partial charge in [0.15, 0.2) is 0 Å². The minimum atomic E-state index is 0.580. The van der Waals surface area contributed by atoms with E-state index in [1.165, 1.54) is 6.42 Å². The molecule has 0 aliphatic carbocycles. The molecule has 0 saturated carbocycles. The SMILES string of the molecule is CCC(C)NCCCOCc1ccco1. The number of furan rings is 1. The number of ether oxygens (including phenoxy) is 1. The first kappa shape index (κ1) is 12.3. The quantitative estimate of drug-likeness (QED) is 0.671. The van der Waals surface area contributed by atoms with Crippen LogP contribution in [0.25, 0.3) is 0 Å². The zero-order valence-corrected chi connectivity index (χ0v) is 9.66. The summed E-state index contributed by atoms with van der Waals surface area (Å²) in [6.45, 7) is 6.77. The van der Waals surface area contributed by atoms with Crippen molar-refractivity contribution < 1.29 is 9.15 Å². The summed E-state index contributed by atoms with van der Waals surface area (Å²) in [5.74, 6) is 0.893. The van der Waals surface area contributed by atoms with Gasteiger partial charge < -0.3 is 14.5 Å². The molecule has 0 aliphatic heterocycles. The third kappa shape index (κ3) is 5.60. The Balaban J connectivity index is 1.89. The van der Waals surface area contributed by atoms with Crippen LogP contribution < -0.4 is 5.32 Å². The molecule has 1 atom stereocenters. The second kappa shape index (κ2) is 7.49. The highest BCUT2D eigenvalue weighted by Crippen LogP contribution is 2.01. The van der Waals surface area contributed by atoms with E-state index >= 15 is 0 Å². The monoisotopic (exact) mass is 211 g/mol. The van der Waals surface area contributed by atoms with Crippen molar-refractivity contribution >= 4 is 0 Å². The lowest BCUT2D eigenvalue weighted by Gasteiger charge is -2.10. The first-order valence-electron chi connectivity index (χ1n) is 5.66. The Morgan fingerprint density at radius 2 is 2.40 bits per heavy atom. The molecule has 1 aromatic rings. The Kier molecular flexibility index (Phi) is 6.12. The van der Waals surface area contributed by atoms with E-state index in [2.05, 4.69) is 19.2 Å². The van der Waals surface area contributed by atoms with Crippen molar-refractivity contribution in [2.75, 3.05) is 13.2 Å². The minimum absolute atomic E-state index is 0.580. The molecule has 0 radical (unpaired) electrons. The zero-order chi connectivity index (χ0) is 10.9. The summed E-state index contributed by atoms with van der Waals surface area (Å²) in [5.41, 5.74) is 0. The molecule has 3 heteroatoms. The van der Waals surface area contributed by atoms with E-state index in [-0.39, 0.29) is 0 Å². The Morgan fingerprint density at radius 1 is 1.53 bits per heavy atom. The molecule has 0 fully saturated rings. The fraction of sp³-hybridized carbons (Fsp3) is 0.667. The lowest BCUT2D eigenvalue weighted by molar-refractivity contribution is 0.103. The predicted octanol–water partition coefficient (Wildman–Crippen LogP) is 2.57. The molecule has 0 aliphatic rings. The van der Waals surface area contributed by atoms with E-state index < -0.39 is 0 Å². The van der Waals surface area contributed by atoms with Crippen LogP contribution in [0.5, 0.6) is 0 Å². The molecule has 1 unspecified atom stereocenters. The second-order valence-corrected chi connectivity index (χ2v) is 3.75. The average Bonchev–Trinajstić information content (AvgIpc) is 2.75. The molecule has 1 N–H and O–H groups in total. The van der Waals surface area contributed by atoms with Crippen LogP contribution in [-0.2, 0) is 11.3 Å². The molecule has 86 valence electrons. The zero-order valence-electron chi connectivity index (χ0n) is 9.66. The first-order valence-corrected chi connectivity index (χ1v) is 5.66. The second-order valence-electron chi connectivity index (χ2n) is 3.75. The first-order chi connectivity index (χ1) is 7.33. The van der Waals surface area contributed by atoms with Crippen LogP contribution in [0.4, 0.5) is 0 Å². The van der Waals surface area contributed by atoms with Crippen LogP contribution >= 0.6 is 0 Å². The van der Waals surface area contributed by atoms with Crippen molar-refractivity contribution in [2.24, 2.45) is 0 Å². The minimum Gasteiger partial charge on any atom is -0.467 e. The maximum Gasteiger partial charge on any atom is 0.129 e. The van der Waals surface area contributed by atoms with E-state index in [0.29, 0.717) is 12.6 Å². The van der Waals surface area contributed by atoms with Crippen LogP contribution in [0, 0.1) is 0 Å². The summed E-state index contributed by atoms with van der Waals surface area (Å²) < 4.78 is 10.6. The molecular formula is C12H21NO2. The summed E-state index contributed by atoms with van der Waals surface area (Å²) in [6, 6.07) is 4.41. The van der Waals surface area contributed by atoms with Crippen LogP contribution in [0.3, 0.4) is 0 Å². The van der Waals surface area contributed by atoms with Crippen molar-refractivity contribution in [1.29, 1.82) is 0 Å². The van der Waals surface area contributed by atoms with Crippen molar-refractivity contribution in [3.63, 3.8) is 0 Å². The molecule has 1 aromatic heterocycles. The van der Waals surface area contributed by atoms with Gasteiger partial charge in [-0.15, -0.1) is 0 Å². The van der Waals surface area contributed by atoms with Crippen molar-refractivity contribution in [3.8, 4) is 0 Å². The molecule has 1 heterocycles. The Hall–Kier alpha value is -0.800. The largest absolute Gasteiger partial charge is 0.467 e. The number of hydrogen-bond donors (Lipinski definition) is 1. The Bertz CT molecular complexity index is 234. The van der Waals surface area contributed by atoms with E-state index in [0.717, 1.165) is 25.3 Å². The summed E-state index contributed by atoms with van der Waals surface area (Å²) in [5, 5.41) is 3.42. The average molecular weight is 211 g/mol. The van der Waals surface area contributed by atoms with Crippen molar-refractivity contribution in [3.05, 3.63) is 24.2 Å². The molecule has 3 nitrogen and oxygen atoms in total. The summed E-state index contributed by atoms with van der Waals surface area (Å²) >= 11 is 0. The Labute approximate surface area is 91.8 Å². The maximum atomic E-state index is 5.46. The third-order valence-corrected chi connectivity index (χ3v) is 2.40. The lowest BCUT2D eigenvalue weighted by Crippen LogP contribution is -2.26. The molecule has 15 heavy (non-hydrogen) atoms. The summed E-state index contributed by atoms with van der Waals surface area (Å²) in [4.78, 5) is 0. The normalized spacial score (nSPS) is 12.9. The molecule has 0 aromatic carbocycles. The molecule has 0 spiro atoms. The standard InChI is InChI=1S/C12H21NO2/c1-3-11(2)13-7-5-8-14-10-12-6-4-9-15-12/h4,6,9,11,13H,3,5,7-8,10H2,1-2H3. The van der Waals surface area contributed by atoms with Gasteiger partial charge in [-0.2, -0.15) is 0 Å². The van der Waals surface area contributed by atoms with Crippen LogP contribution in [-0.4, -0.2) is 19.2 Å². The number of nitrogens with one attached hydrogen (secondary N) is 1. The van der Waals surface area contributed by atoms with Crippen molar-refractivity contribution in [2.45, 2.75) is 39.3 Å². The van der Waals surface area contributed by atoms with E-state index in [1.54, 1.807) is 6.26 Å². The molecule has 1 rings (SSSR count). The third-order valence-electron chi connectivity index (χ3n) is 2.40. The number of hydrogen-bond acceptors (Lipinski definition) is 3. The fourth-order valence-corrected chi connectivity index (χ4v) is 1.23. The van der Waals surface area contributed by atoms with Gasteiger partial charge in [0.05, 0.1) is 6.26 Å². The number of rotatable bonds is 8. The van der Waals surface area contributed by atoms with E-state index in [9.17, 15) is 0 Å². The highest BCUT2D eigenvalue weighted by molar-refractivity contribution is 4.95. The van der Waals surface area contributed by atoms with Gasteiger partial charge in [0.25, 0.3) is 0 Å². The van der Waals surface area contributed by atoms with Gasteiger partial charge in [-0.1, -0.05) is 6.92 Å². The highest BCUT2D eigenvalue weighted by atomic mass is 16.5. The highest BCUT2D eigenvalue weighted by Gasteiger charge is 1.97. The Morgan fingerprint density at radius 3 is 3.07 bits per heavy atom. The topological polar surface area (TPSA) is 34.4 Å². The van der Waals surface area contributed by atoms with Crippen LogP contribution in [0.15, 0.2) is 22.8 Å². The molecule has 0 amide bonds. The van der Waals surface area contributed by atoms with Crippen molar-refractivity contribution in [1.82, 2.24) is 5.32 Å². The summed E-state index contributed by atoms with van der Waals surface area (Å²) in [6.07, 6.45) is 3.89. The van der Waals surface area contributed by atoms with Gasteiger partial charge >= 0.3 is 0 Å². The van der Waals surface area contributed by atoms with Gasteiger partial charge in [-0.3, -0.25) is 0 Å². The molecular weight excluding hydrogens is 190 g/mol. The van der Waals surface area contributed by atoms with Gasteiger partial charge in [-0.05, 0) is 38.4 Å². The predicted molar refractivity (Wildman–Crippen MR) is 60.7 cm³/mol. The lowest BCUT2D eigenvalue weighted by atomic mass is 10.2. The molecule has 0 bridgehead atoms. The van der Waals surface area contributed by atoms with Gasteiger partial charge in [0.1, 0.15) is 12.4 Å². The molecule has 0 saturated heterocycles. The van der Waals surface area contributed by atoms with Crippen LogP contribution in [0.2, 0.25) is 0 Å². The maximum absolute atomic E-state index is 5.46. The smallest absolute Gasteiger partial charge is 0.129 e. The van der Waals surface area contributed by atoms with Gasteiger partial charge in [0, 0.05) is 12.6 Å². The van der Waals surface area contributed by atoms with Crippen LogP contribution in [0.1, 0.15) is 32.4 Å².